The van der Waals surface area contributed by atoms with Gasteiger partial charge in [0.25, 0.3) is 0 Å². The molecule has 100 valence electrons. The summed E-state index contributed by atoms with van der Waals surface area (Å²) in [6, 6.07) is 9.04. The van der Waals surface area contributed by atoms with Crippen molar-refractivity contribution >= 4 is 0 Å². The Kier molecular flexibility index (Phi) is 3.82. The van der Waals surface area contributed by atoms with E-state index < -0.39 is 0 Å². The lowest BCUT2D eigenvalue weighted by Crippen LogP contribution is -2.50. The second-order valence-corrected chi connectivity index (χ2v) is 6.07. The molecule has 1 aliphatic carbocycles. The highest BCUT2D eigenvalue weighted by atomic mass is 16.3. The monoisotopic (exact) mass is 246 g/mol. The maximum Gasteiger partial charge on any atom is 0.0608 e. The van der Waals surface area contributed by atoms with E-state index in [0.717, 1.165) is 19.3 Å². The van der Waals surface area contributed by atoms with Crippen LogP contribution < -0.4 is 0 Å². The molecule has 0 bridgehead atoms. The Balaban J connectivity index is 2.22. The SMILES string of the molecule is CCC1(CC)C(O)CC1c1ccc(C(C)C)cc1. The predicted molar refractivity (Wildman–Crippen MR) is 76.9 cm³/mol. The van der Waals surface area contributed by atoms with Crippen LogP contribution in [-0.4, -0.2) is 11.2 Å². The molecule has 0 spiro atoms. The van der Waals surface area contributed by atoms with Crippen LogP contribution in [0.5, 0.6) is 0 Å². The molecule has 1 N–H and O–H groups in total. The lowest BCUT2D eigenvalue weighted by Gasteiger charge is -2.54. The molecule has 1 aliphatic rings. The third-order valence-corrected chi connectivity index (χ3v) is 5.14. The van der Waals surface area contributed by atoms with Crippen molar-refractivity contribution in [2.24, 2.45) is 5.41 Å². The molecular formula is C17H26O. The first-order chi connectivity index (χ1) is 8.55. The molecule has 0 aliphatic heterocycles. The van der Waals surface area contributed by atoms with E-state index in [4.69, 9.17) is 0 Å². The number of aliphatic hydroxyl groups excluding tert-OH is 1. The summed E-state index contributed by atoms with van der Waals surface area (Å²) in [5, 5.41) is 10.1. The Morgan fingerprint density at radius 3 is 2.11 bits per heavy atom. The molecule has 0 saturated heterocycles. The zero-order valence-electron chi connectivity index (χ0n) is 12.1. The van der Waals surface area contributed by atoms with Crippen molar-refractivity contribution in [1.29, 1.82) is 0 Å². The fourth-order valence-electron chi connectivity index (χ4n) is 3.56. The molecule has 18 heavy (non-hydrogen) atoms. The van der Waals surface area contributed by atoms with Gasteiger partial charge in [-0.15, -0.1) is 0 Å². The van der Waals surface area contributed by atoms with Gasteiger partial charge >= 0.3 is 0 Å². The van der Waals surface area contributed by atoms with Gasteiger partial charge in [0.2, 0.25) is 0 Å². The van der Waals surface area contributed by atoms with Crippen LogP contribution in [0.2, 0.25) is 0 Å². The second kappa shape index (κ2) is 5.05. The molecule has 0 heterocycles. The van der Waals surface area contributed by atoms with Gasteiger partial charge in [0, 0.05) is 5.41 Å². The van der Waals surface area contributed by atoms with Crippen molar-refractivity contribution in [3.8, 4) is 0 Å². The Morgan fingerprint density at radius 1 is 1.17 bits per heavy atom. The molecule has 2 unspecified atom stereocenters. The van der Waals surface area contributed by atoms with Crippen LogP contribution in [0.1, 0.15) is 69.9 Å². The number of hydrogen-bond donors (Lipinski definition) is 1. The van der Waals surface area contributed by atoms with Crippen molar-refractivity contribution in [2.45, 2.75) is 64.9 Å². The lowest BCUT2D eigenvalue weighted by atomic mass is 9.53. The summed E-state index contributed by atoms with van der Waals surface area (Å²) in [6.07, 6.45) is 2.97. The first kappa shape index (κ1) is 13.6. The van der Waals surface area contributed by atoms with Gasteiger partial charge in [0.05, 0.1) is 6.10 Å². The van der Waals surface area contributed by atoms with Crippen LogP contribution in [0.15, 0.2) is 24.3 Å². The molecule has 1 saturated carbocycles. The average molecular weight is 246 g/mol. The van der Waals surface area contributed by atoms with Crippen LogP contribution >= 0.6 is 0 Å². The quantitative estimate of drug-likeness (QED) is 0.831. The van der Waals surface area contributed by atoms with Crippen molar-refractivity contribution in [2.75, 3.05) is 0 Å². The van der Waals surface area contributed by atoms with E-state index in [1.165, 1.54) is 11.1 Å². The summed E-state index contributed by atoms with van der Waals surface area (Å²) >= 11 is 0. The summed E-state index contributed by atoms with van der Waals surface area (Å²) in [7, 11) is 0. The molecule has 2 atom stereocenters. The zero-order valence-corrected chi connectivity index (χ0v) is 12.1. The smallest absolute Gasteiger partial charge is 0.0608 e. The molecule has 1 aromatic carbocycles. The van der Waals surface area contributed by atoms with E-state index >= 15 is 0 Å². The molecule has 1 fully saturated rings. The van der Waals surface area contributed by atoms with Crippen molar-refractivity contribution < 1.29 is 5.11 Å². The van der Waals surface area contributed by atoms with Crippen molar-refractivity contribution in [3.63, 3.8) is 0 Å². The van der Waals surface area contributed by atoms with E-state index in [1.807, 2.05) is 0 Å². The van der Waals surface area contributed by atoms with Gasteiger partial charge in [-0.2, -0.15) is 0 Å². The summed E-state index contributed by atoms with van der Waals surface area (Å²) < 4.78 is 0. The Morgan fingerprint density at radius 2 is 1.72 bits per heavy atom. The normalized spacial score (nSPS) is 26.1. The van der Waals surface area contributed by atoms with Gasteiger partial charge in [-0.1, -0.05) is 52.0 Å². The van der Waals surface area contributed by atoms with Crippen LogP contribution in [0.3, 0.4) is 0 Å². The highest BCUT2D eigenvalue weighted by Crippen LogP contribution is 2.57. The minimum absolute atomic E-state index is 0.109. The molecule has 0 aromatic heterocycles. The van der Waals surface area contributed by atoms with E-state index in [1.54, 1.807) is 0 Å². The highest BCUT2D eigenvalue weighted by molar-refractivity contribution is 5.31. The van der Waals surface area contributed by atoms with Gasteiger partial charge in [0.1, 0.15) is 0 Å². The summed E-state index contributed by atoms with van der Waals surface area (Å²) in [5.41, 5.74) is 2.94. The third kappa shape index (κ3) is 1.99. The molecule has 2 rings (SSSR count). The number of benzene rings is 1. The Hall–Kier alpha value is -0.820. The predicted octanol–water partition coefficient (Wildman–Crippen LogP) is 4.46. The standard InChI is InChI=1S/C17H26O/c1-5-17(6-2)15(11-16(17)18)14-9-7-13(8-10-14)12(3)4/h7-10,12,15-16,18H,5-6,11H2,1-4H3. The molecule has 0 amide bonds. The number of aliphatic hydroxyl groups is 1. The van der Waals surface area contributed by atoms with Gasteiger partial charge in [0.15, 0.2) is 0 Å². The van der Waals surface area contributed by atoms with Crippen LogP contribution in [0.25, 0.3) is 0 Å². The van der Waals surface area contributed by atoms with Gasteiger partial charge < -0.3 is 5.11 Å². The highest BCUT2D eigenvalue weighted by Gasteiger charge is 2.52. The second-order valence-electron chi connectivity index (χ2n) is 6.07. The van der Waals surface area contributed by atoms with Crippen LogP contribution in [0, 0.1) is 5.41 Å². The Bertz CT molecular complexity index is 387. The van der Waals surface area contributed by atoms with E-state index in [-0.39, 0.29) is 11.5 Å². The first-order valence-electron chi connectivity index (χ1n) is 7.33. The molecule has 1 aromatic rings. The maximum absolute atomic E-state index is 10.1. The molecule has 1 nitrogen and oxygen atoms in total. The van der Waals surface area contributed by atoms with Crippen molar-refractivity contribution in [3.05, 3.63) is 35.4 Å². The minimum Gasteiger partial charge on any atom is -0.393 e. The van der Waals surface area contributed by atoms with Gasteiger partial charge in [-0.3, -0.25) is 0 Å². The van der Waals surface area contributed by atoms with E-state index in [0.29, 0.717) is 11.8 Å². The van der Waals surface area contributed by atoms with Crippen LogP contribution in [-0.2, 0) is 0 Å². The summed E-state index contributed by atoms with van der Waals surface area (Å²) in [5.74, 6) is 1.14. The minimum atomic E-state index is -0.109. The molecular weight excluding hydrogens is 220 g/mol. The summed E-state index contributed by atoms with van der Waals surface area (Å²) in [6.45, 7) is 8.87. The van der Waals surface area contributed by atoms with Gasteiger partial charge in [-0.25, -0.2) is 0 Å². The average Bonchev–Trinajstić information content (AvgIpc) is 2.37. The third-order valence-electron chi connectivity index (χ3n) is 5.14. The maximum atomic E-state index is 10.1. The Labute approximate surface area is 111 Å². The lowest BCUT2D eigenvalue weighted by molar-refractivity contribution is -0.0932. The molecule has 1 heteroatoms. The number of rotatable bonds is 4. The van der Waals surface area contributed by atoms with E-state index in [9.17, 15) is 5.11 Å². The van der Waals surface area contributed by atoms with Gasteiger partial charge in [-0.05, 0) is 42.2 Å². The first-order valence-corrected chi connectivity index (χ1v) is 7.33. The largest absolute Gasteiger partial charge is 0.393 e. The fourth-order valence-corrected chi connectivity index (χ4v) is 3.56. The fraction of sp³-hybridized carbons (Fsp3) is 0.647. The van der Waals surface area contributed by atoms with Crippen LogP contribution in [0.4, 0.5) is 0 Å². The summed E-state index contributed by atoms with van der Waals surface area (Å²) in [4.78, 5) is 0. The molecule has 0 radical (unpaired) electrons. The topological polar surface area (TPSA) is 20.2 Å². The van der Waals surface area contributed by atoms with E-state index in [2.05, 4.69) is 52.0 Å². The number of hydrogen-bond acceptors (Lipinski definition) is 1. The van der Waals surface area contributed by atoms with Crippen molar-refractivity contribution in [1.82, 2.24) is 0 Å². The zero-order chi connectivity index (χ0) is 13.3.